The molecule has 0 atom stereocenters. The first-order valence-corrected chi connectivity index (χ1v) is 10.5. The number of anilines is 2. The van der Waals surface area contributed by atoms with E-state index in [1.54, 1.807) is 0 Å². The molecule has 0 radical (unpaired) electrons. The van der Waals surface area contributed by atoms with Gasteiger partial charge in [-0.2, -0.15) is 0 Å². The summed E-state index contributed by atoms with van der Waals surface area (Å²) in [7, 11) is 2.19. The van der Waals surface area contributed by atoms with Crippen molar-refractivity contribution in [3.8, 4) is 11.4 Å². The van der Waals surface area contributed by atoms with Crippen LogP contribution in [0.5, 0.6) is 0 Å². The average molecular weight is 381 g/mol. The fraction of sp³-hybridized carbons (Fsp3) is 0.545. The Hall–Kier alpha value is -2.18. The number of hydrogen-bond acceptors (Lipinski definition) is 6. The topological polar surface area (TPSA) is 47.5 Å². The summed E-state index contributed by atoms with van der Waals surface area (Å²) < 4.78 is 0. The lowest BCUT2D eigenvalue weighted by Crippen LogP contribution is -2.44. The van der Waals surface area contributed by atoms with Crippen LogP contribution >= 0.6 is 0 Å². The van der Waals surface area contributed by atoms with Crippen LogP contribution in [-0.2, 0) is 0 Å². The smallest absolute Gasteiger partial charge is 0.161 e. The highest BCUT2D eigenvalue weighted by Gasteiger charge is 2.15. The van der Waals surface area contributed by atoms with E-state index in [1.165, 1.54) is 31.7 Å². The third-order valence-electron chi connectivity index (χ3n) is 5.86. The molecule has 0 unspecified atom stereocenters. The first-order chi connectivity index (χ1) is 13.7. The summed E-state index contributed by atoms with van der Waals surface area (Å²) in [5, 5.41) is 3.50. The van der Waals surface area contributed by atoms with Crippen LogP contribution in [0.2, 0.25) is 0 Å². The maximum Gasteiger partial charge on any atom is 0.161 e. The van der Waals surface area contributed by atoms with E-state index >= 15 is 0 Å². The molecule has 2 fully saturated rings. The van der Waals surface area contributed by atoms with Gasteiger partial charge in [0.05, 0.1) is 0 Å². The lowest BCUT2D eigenvalue weighted by molar-refractivity contribution is 0.181. The molecule has 2 aromatic rings. The highest BCUT2D eigenvalue weighted by atomic mass is 15.2. The predicted octanol–water partition coefficient (Wildman–Crippen LogP) is 2.71. The molecule has 150 valence electrons. The quantitative estimate of drug-likeness (QED) is 0.746. The van der Waals surface area contributed by atoms with Gasteiger partial charge in [-0.15, -0.1) is 0 Å². The number of aryl methyl sites for hydroxylation is 1. The molecule has 3 heterocycles. The van der Waals surface area contributed by atoms with E-state index in [4.69, 9.17) is 4.98 Å². The third kappa shape index (κ3) is 4.62. The van der Waals surface area contributed by atoms with Gasteiger partial charge in [0, 0.05) is 55.7 Å². The van der Waals surface area contributed by atoms with E-state index in [1.807, 2.05) is 6.20 Å². The summed E-state index contributed by atoms with van der Waals surface area (Å²) in [5.41, 5.74) is 3.46. The fourth-order valence-corrected chi connectivity index (χ4v) is 3.76. The first-order valence-electron chi connectivity index (χ1n) is 10.5. The predicted molar refractivity (Wildman–Crippen MR) is 116 cm³/mol. The normalized spacial score (nSPS) is 18.1. The van der Waals surface area contributed by atoms with Gasteiger partial charge in [0.2, 0.25) is 0 Å². The molecule has 6 nitrogen and oxygen atoms in total. The van der Waals surface area contributed by atoms with Crippen molar-refractivity contribution in [2.75, 3.05) is 69.6 Å². The van der Waals surface area contributed by atoms with Crippen LogP contribution in [0.3, 0.4) is 0 Å². The summed E-state index contributed by atoms with van der Waals surface area (Å²) in [6, 6.07) is 8.69. The molecule has 1 N–H and O–H groups in total. The Bertz CT molecular complexity index is 763. The highest BCUT2D eigenvalue weighted by Crippen LogP contribution is 2.23. The first kappa shape index (κ1) is 19.2. The van der Waals surface area contributed by atoms with Gasteiger partial charge in [-0.05, 0) is 70.7 Å². The van der Waals surface area contributed by atoms with Crippen molar-refractivity contribution in [2.45, 2.75) is 19.8 Å². The summed E-state index contributed by atoms with van der Waals surface area (Å²) in [4.78, 5) is 16.7. The van der Waals surface area contributed by atoms with Gasteiger partial charge in [-0.3, -0.25) is 0 Å². The second-order valence-corrected chi connectivity index (χ2v) is 8.04. The van der Waals surface area contributed by atoms with E-state index in [0.717, 1.165) is 61.9 Å². The van der Waals surface area contributed by atoms with Crippen LogP contribution < -0.4 is 10.2 Å². The molecule has 0 saturated carbocycles. The number of benzene rings is 1. The molecule has 0 bridgehead atoms. The number of piperazine rings is 1. The molecule has 2 saturated heterocycles. The molecule has 1 aromatic carbocycles. The van der Waals surface area contributed by atoms with Gasteiger partial charge in [-0.25, -0.2) is 9.97 Å². The van der Waals surface area contributed by atoms with Crippen molar-refractivity contribution in [2.24, 2.45) is 0 Å². The zero-order valence-electron chi connectivity index (χ0n) is 17.2. The SMILES string of the molecule is Cc1cnc(-c2ccc(N3CCN(C)CC3)cc2)nc1NCCCN1CCC1. The monoisotopic (exact) mass is 380 g/mol. The van der Waals surface area contributed by atoms with E-state index in [2.05, 4.69) is 63.2 Å². The Labute approximate surface area is 168 Å². The summed E-state index contributed by atoms with van der Waals surface area (Å²) in [6.07, 6.45) is 4.43. The van der Waals surface area contributed by atoms with E-state index in [9.17, 15) is 0 Å². The Balaban J connectivity index is 1.37. The van der Waals surface area contributed by atoms with Crippen molar-refractivity contribution in [3.63, 3.8) is 0 Å². The highest BCUT2D eigenvalue weighted by molar-refractivity contribution is 5.62. The molecule has 2 aliphatic heterocycles. The van der Waals surface area contributed by atoms with Crippen LogP contribution in [0.4, 0.5) is 11.5 Å². The van der Waals surface area contributed by atoms with Crippen molar-refractivity contribution in [1.82, 2.24) is 19.8 Å². The zero-order chi connectivity index (χ0) is 19.3. The summed E-state index contributed by atoms with van der Waals surface area (Å²) in [5.74, 6) is 1.75. The van der Waals surface area contributed by atoms with Crippen molar-refractivity contribution in [3.05, 3.63) is 36.0 Å². The molecule has 0 amide bonds. The number of hydrogen-bond donors (Lipinski definition) is 1. The second-order valence-electron chi connectivity index (χ2n) is 8.04. The summed E-state index contributed by atoms with van der Waals surface area (Å²) >= 11 is 0. The van der Waals surface area contributed by atoms with Gasteiger partial charge < -0.3 is 20.0 Å². The molecule has 2 aliphatic rings. The maximum atomic E-state index is 4.79. The van der Waals surface area contributed by atoms with Crippen LogP contribution in [-0.4, -0.2) is 79.2 Å². The van der Waals surface area contributed by atoms with Crippen LogP contribution in [0.15, 0.2) is 30.5 Å². The maximum absolute atomic E-state index is 4.79. The van der Waals surface area contributed by atoms with Crippen LogP contribution in [0.1, 0.15) is 18.4 Å². The second kappa shape index (κ2) is 8.88. The lowest BCUT2D eigenvalue weighted by atomic mass is 10.1. The minimum absolute atomic E-state index is 0.792. The molecule has 6 heteroatoms. The number of rotatable bonds is 7. The Morgan fingerprint density at radius 3 is 2.43 bits per heavy atom. The standard InChI is InChI=1S/C22H32N6/c1-18-17-24-22(25-21(18)23-9-3-10-27-11-4-12-27)19-5-7-20(8-6-19)28-15-13-26(2)14-16-28/h5-8,17H,3-4,9-16H2,1-2H3,(H,23,24,25). The largest absolute Gasteiger partial charge is 0.370 e. The molecular formula is C22H32N6. The zero-order valence-corrected chi connectivity index (χ0v) is 17.2. The minimum Gasteiger partial charge on any atom is -0.370 e. The number of likely N-dealkylation sites (N-methyl/N-ethyl adjacent to an activating group) is 1. The lowest BCUT2D eigenvalue weighted by Gasteiger charge is -2.34. The van der Waals surface area contributed by atoms with Gasteiger partial charge >= 0.3 is 0 Å². The van der Waals surface area contributed by atoms with Gasteiger partial charge in [-0.1, -0.05) is 0 Å². The number of nitrogens with zero attached hydrogens (tertiary/aromatic N) is 5. The van der Waals surface area contributed by atoms with Crippen molar-refractivity contribution < 1.29 is 0 Å². The fourth-order valence-electron chi connectivity index (χ4n) is 3.76. The molecule has 28 heavy (non-hydrogen) atoms. The van der Waals surface area contributed by atoms with Crippen molar-refractivity contribution in [1.29, 1.82) is 0 Å². The van der Waals surface area contributed by atoms with Gasteiger partial charge in [0.15, 0.2) is 5.82 Å². The molecule has 0 spiro atoms. The third-order valence-corrected chi connectivity index (χ3v) is 5.86. The van der Waals surface area contributed by atoms with E-state index in [-0.39, 0.29) is 0 Å². The molecular weight excluding hydrogens is 348 g/mol. The summed E-state index contributed by atoms with van der Waals surface area (Å²) in [6.45, 7) is 11.1. The van der Waals surface area contributed by atoms with Gasteiger partial charge in [0.25, 0.3) is 0 Å². The Morgan fingerprint density at radius 1 is 1.00 bits per heavy atom. The molecule has 0 aliphatic carbocycles. The van der Waals surface area contributed by atoms with Crippen molar-refractivity contribution >= 4 is 11.5 Å². The number of aromatic nitrogens is 2. The van der Waals surface area contributed by atoms with E-state index in [0.29, 0.717) is 0 Å². The molecule has 4 rings (SSSR count). The van der Waals surface area contributed by atoms with Gasteiger partial charge in [0.1, 0.15) is 5.82 Å². The van der Waals surface area contributed by atoms with Crippen LogP contribution in [0.25, 0.3) is 11.4 Å². The number of nitrogens with one attached hydrogen (secondary N) is 1. The molecule has 1 aromatic heterocycles. The minimum atomic E-state index is 0.792. The number of likely N-dealkylation sites (tertiary alicyclic amines) is 1. The van der Waals surface area contributed by atoms with Crippen LogP contribution in [0, 0.1) is 6.92 Å². The van der Waals surface area contributed by atoms with E-state index < -0.39 is 0 Å². The average Bonchev–Trinajstić information content (AvgIpc) is 2.68. The Morgan fingerprint density at radius 2 is 1.75 bits per heavy atom. The Kier molecular flexibility index (Phi) is 6.07.